The van der Waals surface area contributed by atoms with Gasteiger partial charge in [0.15, 0.2) is 0 Å². The SMILES string of the molecule is CC1CCC(c2c(N)ncc(-c3cccc(-c4cccn(C)c4=O)c3)c2Cl)C1. The van der Waals surface area contributed by atoms with Gasteiger partial charge >= 0.3 is 0 Å². The van der Waals surface area contributed by atoms with Crippen LogP contribution in [0.1, 0.15) is 37.7 Å². The minimum Gasteiger partial charge on any atom is -0.383 e. The van der Waals surface area contributed by atoms with Gasteiger partial charge in [-0.3, -0.25) is 4.79 Å². The summed E-state index contributed by atoms with van der Waals surface area (Å²) in [5.41, 5.74) is 10.5. The summed E-state index contributed by atoms with van der Waals surface area (Å²) in [7, 11) is 1.76. The van der Waals surface area contributed by atoms with Crippen molar-refractivity contribution in [2.24, 2.45) is 13.0 Å². The molecule has 4 nitrogen and oxygen atoms in total. The topological polar surface area (TPSA) is 60.9 Å². The van der Waals surface area contributed by atoms with E-state index in [1.54, 1.807) is 24.0 Å². The molecule has 0 amide bonds. The monoisotopic (exact) mass is 393 g/mol. The lowest BCUT2D eigenvalue weighted by Gasteiger charge is -2.17. The standard InChI is InChI=1S/C23H24ClN3O/c1-14-8-9-17(11-14)20-21(24)19(13-26-22(20)25)16-6-3-5-15(12-16)18-7-4-10-27(2)23(18)28/h3-7,10,12-14,17H,8-9,11H2,1-2H3,(H2,25,26). The lowest BCUT2D eigenvalue weighted by molar-refractivity contribution is 0.596. The van der Waals surface area contributed by atoms with Crippen molar-refractivity contribution in [1.29, 1.82) is 0 Å². The van der Waals surface area contributed by atoms with Gasteiger partial charge in [0.25, 0.3) is 5.56 Å². The molecule has 1 saturated carbocycles. The Hall–Kier alpha value is -2.59. The van der Waals surface area contributed by atoms with E-state index in [2.05, 4.69) is 11.9 Å². The maximum atomic E-state index is 12.5. The maximum Gasteiger partial charge on any atom is 0.258 e. The van der Waals surface area contributed by atoms with Gasteiger partial charge < -0.3 is 10.3 Å². The first-order chi connectivity index (χ1) is 13.5. The number of aromatic nitrogens is 2. The number of pyridine rings is 2. The number of hydrogen-bond acceptors (Lipinski definition) is 3. The molecule has 144 valence electrons. The Bertz CT molecular complexity index is 1090. The number of rotatable bonds is 3. The third-order valence-electron chi connectivity index (χ3n) is 5.79. The summed E-state index contributed by atoms with van der Waals surface area (Å²) in [5.74, 6) is 1.57. The minimum absolute atomic E-state index is 0.0261. The van der Waals surface area contributed by atoms with Crippen LogP contribution in [0, 0.1) is 5.92 Å². The Morgan fingerprint density at radius 2 is 1.89 bits per heavy atom. The molecule has 1 fully saturated rings. The molecule has 5 heteroatoms. The highest BCUT2D eigenvalue weighted by molar-refractivity contribution is 6.34. The summed E-state index contributed by atoms with van der Waals surface area (Å²) in [6.45, 7) is 2.27. The van der Waals surface area contributed by atoms with Gasteiger partial charge in [-0.15, -0.1) is 0 Å². The van der Waals surface area contributed by atoms with Crippen molar-refractivity contribution in [3.05, 3.63) is 69.7 Å². The van der Waals surface area contributed by atoms with E-state index in [0.717, 1.165) is 35.1 Å². The molecule has 1 aliphatic carbocycles. The molecule has 1 aliphatic rings. The highest BCUT2D eigenvalue weighted by Crippen LogP contribution is 2.45. The fourth-order valence-electron chi connectivity index (χ4n) is 4.25. The van der Waals surface area contributed by atoms with Crippen molar-refractivity contribution in [3.8, 4) is 22.3 Å². The summed E-state index contributed by atoms with van der Waals surface area (Å²) in [6, 6.07) is 11.6. The zero-order valence-corrected chi connectivity index (χ0v) is 16.9. The molecule has 2 heterocycles. The smallest absolute Gasteiger partial charge is 0.258 e. The lowest BCUT2D eigenvalue weighted by Crippen LogP contribution is -2.17. The second-order valence-corrected chi connectivity index (χ2v) is 8.20. The second-order valence-electron chi connectivity index (χ2n) is 7.82. The van der Waals surface area contributed by atoms with E-state index < -0.39 is 0 Å². The summed E-state index contributed by atoms with van der Waals surface area (Å²) < 4.78 is 1.58. The molecular weight excluding hydrogens is 370 g/mol. The number of benzene rings is 1. The van der Waals surface area contributed by atoms with Gasteiger partial charge in [-0.1, -0.05) is 43.1 Å². The average Bonchev–Trinajstić information content (AvgIpc) is 3.10. The highest BCUT2D eigenvalue weighted by atomic mass is 35.5. The quantitative estimate of drug-likeness (QED) is 0.660. The molecule has 0 saturated heterocycles. The summed E-state index contributed by atoms with van der Waals surface area (Å²) in [6.07, 6.45) is 6.87. The highest BCUT2D eigenvalue weighted by Gasteiger charge is 2.28. The minimum atomic E-state index is -0.0261. The van der Waals surface area contributed by atoms with Crippen molar-refractivity contribution < 1.29 is 0 Å². The molecule has 0 spiro atoms. The molecule has 0 radical (unpaired) electrons. The first-order valence-electron chi connectivity index (χ1n) is 9.66. The molecule has 0 aliphatic heterocycles. The van der Waals surface area contributed by atoms with Crippen molar-refractivity contribution in [2.75, 3.05) is 5.73 Å². The van der Waals surface area contributed by atoms with E-state index in [4.69, 9.17) is 17.3 Å². The Kier molecular flexibility index (Phi) is 4.98. The number of aryl methyl sites for hydroxylation is 1. The molecule has 2 aromatic heterocycles. The second kappa shape index (κ2) is 7.44. The van der Waals surface area contributed by atoms with Crippen LogP contribution >= 0.6 is 11.6 Å². The molecule has 2 unspecified atom stereocenters. The first-order valence-corrected chi connectivity index (χ1v) is 10.0. The van der Waals surface area contributed by atoms with Gasteiger partial charge in [0, 0.05) is 36.1 Å². The van der Waals surface area contributed by atoms with Crippen LogP contribution < -0.4 is 11.3 Å². The van der Waals surface area contributed by atoms with Crippen molar-refractivity contribution in [1.82, 2.24) is 9.55 Å². The van der Waals surface area contributed by atoms with Gasteiger partial charge in [-0.25, -0.2) is 4.98 Å². The third kappa shape index (κ3) is 3.33. The van der Waals surface area contributed by atoms with E-state index in [1.165, 1.54) is 6.42 Å². The molecule has 1 aromatic carbocycles. The lowest BCUT2D eigenvalue weighted by atomic mass is 9.93. The number of nitrogens with zero attached hydrogens (tertiary/aromatic N) is 2. The van der Waals surface area contributed by atoms with Crippen LogP contribution in [0.2, 0.25) is 5.02 Å². The van der Waals surface area contributed by atoms with E-state index in [1.807, 2.05) is 36.4 Å². The Balaban J connectivity index is 1.80. The number of hydrogen-bond donors (Lipinski definition) is 1. The fourth-order valence-corrected chi connectivity index (χ4v) is 4.66. The van der Waals surface area contributed by atoms with E-state index in [0.29, 0.717) is 28.2 Å². The van der Waals surface area contributed by atoms with Crippen LogP contribution in [0.4, 0.5) is 5.82 Å². The summed E-state index contributed by atoms with van der Waals surface area (Å²) >= 11 is 6.85. The van der Waals surface area contributed by atoms with Crippen molar-refractivity contribution >= 4 is 17.4 Å². The maximum absolute atomic E-state index is 12.5. The average molecular weight is 394 g/mol. The predicted molar refractivity (Wildman–Crippen MR) is 116 cm³/mol. The third-order valence-corrected chi connectivity index (χ3v) is 6.20. The van der Waals surface area contributed by atoms with E-state index in [9.17, 15) is 4.79 Å². The number of nitrogens with two attached hydrogens (primary N) is 1. The number of nitrogen functional groups attached to an aromatic ring is 1. The molecule has 2 N–H and O–H groups in total. The zero-order valence-electron chi connectivity index (χ0n) is 16.2. The molecule has 3 aromatic rings. The molecule has 28 heavy (non-hydrogen) atoms. The summed E-state index contributed by atoms with van der Waals surface area (Å²) in [4.78, 5) is 16.9. The Labute approximate surface area is 170 Å². The van der Waals surface area contributed by atoms with Gasteiger partial charge in [0.2, 0.25) is 0 Å². The van der Waals surface area contributed by atoms with Crippen molar-refractivity contribution in [2.45, 2.75) is 32.1 Å². The van der Waals surface area contributed by atoms with Gasteiger partial charge in [0.1, 0.15) is 5.82 Å². The van der Waals surface area contributed by atoms with Crippen LogP contribution in [0.25, 0.3) is 22.3 Å². The molecule has 0 bridgehead atoms. The molecule has 2 atom stereocenters. The predicted octanol–water partition coefficient (Wildman–Crippen LogP) is 5.25. The fraction of sp³-hybridized carbons (Fsp3) is 0.304. The van der Waals surface area contributed by atoms with Gasteiger partial charge in [-0.05, 0) is 54.0 Å². The van der Waals surface area contributed by atoms with Gasteiger partial charge in [0.05, 0.1) is 5.02 Å². The van der Waals surface area contributed by atoms with Gasteiger partial charge in [-0.2, -0.15) is 0 Å². The normalized spacial score (nSPS) is 19.1. The Morgan fingerprint density at radius 1 is 1.14 bits per heavy atom. The zero-order chi connectivity index (χ0) is 19.8. The van der Waals surface area contributed by atoms with E-state index >= 15 is 0 Å². The number of halogens is 1. The molecule has 4 rings (SSSR count). The van der Waals surface area contributed by atoms with Crippen molar-refractivity contribution in [3.63, 3.8) is 0 Å². The summed E-state index contributed by atoms with van der Waals surface area (Å²) in [5, 5.41) is 0.685. The Morgan fingerprint density at radius 3 is 2.61 bits per heavy atom. The largest absolute Gasteiger partial charge is 0.383 e. The number of anilines is 1. The molecular formula is C23H24ClN3O. The first kappa shape index (κ1) is 18.8. The van der Waals surface area contributed by atoms with Crippen LogP contribution in [0.5, 0.6) is 0 Å². The van der Waals surface area contributed by atoms with Crippen LogP contribution in [-0.2, 0) is 7.05 Å². The van der Waals surface area contributed by atoms with E-state index in [-0.39, 0.29) is 5.56 Å². The van der Waals surface area contributed by atoms with Crippen LogP contribution in [0.15, 0.2) is 53.6 Å². The van der Waals surface area contributed by atoms with Crippen LogP contribution in [0.3, 0.4) is 0 Å². The van der Waals surface area contributed by atoms with Crippen LogP contribution in [-0.4, -0.2) is 9.55 Å².